The molecule has 6 rings (SSSR count). The molecule has 4 aromatic rings. The molecule has 2 aromatic heterocycles. The van der Waals surface area contributed by atoms with E-state index in [9.17, 15) is 19.2 Å². The van der Waals surface area contributed by atoms with Gasteiger partial charge in [0.05, 0.1) is 16.6 Å². The van der Waals surface area contributed by atoms with Crippen LogP contribution in [0.15, 0.2) is 74.0 Å². The molecular weight excluding hydrogens is 427 g/mol. The molecule has 0 radical (unpaired) electrons. The zero-order valence-electron chi connectivity index (χ0n) is 17.0. The van der Waals surface area contributed by atoms with E-state index >= 15 is 0 Å². The van der Waals surface area contributed by atoms with Crippen molar-refractivity contribution in [3.63, 3.8) is 0 Å². The lowest BCUT2D eigenvalue weighted by atomic mass is 9.69. The first-order chi connectivity index (χ1) is 15.9. The molecule has 9 heteroatoms. The number of benzene rings is 2. The highest BCUT2D eigenvalue weighted by molar-refractivity contribution is 5.81. The van der Waals surface area contributed by atoms with Gasteiger partial charge < -0.3 is 14.9 Å². The maximum atomic E-state index is 14.6. The molecule has 0 saturated heterocycles. The van der Waals surface area contributed by atoms with Gasteiger partial charge in [0.1, 0.15) is 45.8 Å². The third kappa shape index (κ3) is 2.19. The molecule has 4 heterocycles. The van der Waals surface area contributed by atoms with Crippen molar-refractivity contribution in [3.05, 3.63) is 109 Å². The van der Waals surface area contributed by atoms with Gasteiger partial charge in [-0.1, -0.05) is 12.1 Å². The molecule has 1 unspecified atom stereocenters. The topological polar surface area (TPSA) is 124 Å². The maximum Gasteiger partial charge on any atom is 0.344 e. The fourth-order valence-electron chi connectivity index (χ4n) is 4.85. The second-order valence-corrected chi connectivity index (χ2v) is 7.84. The number of rotatable bonds is 0. The molecule has 2 aliphatic rings. The van der Waals surface area contributed by atoms with Crippen molar-refractivity contribution >= 4 is 10.9 Å². The van der Waals surface area contributed by atoms with Gasteiger partial charge in [0.25, 0.3) is 5.56 Å². The molecule has 0 bridgehead atoms. The second kappa shape index (κ2) is 6.17. The van der Waals surface area contributed by atoms with Crippen LogP contribution in [0.25, 0.3) is 16.6 Å². The number of hydrogen-bond donors (Lipinski definition) is 1. The van der Waals surface area contributed by atoms with Crippen LogP contribution < -0.4 is 21.7 Å². The summed E-state index contributed by atoms with van der Waals surface area (Å²) in [7, 11) is 0. The zero-order valence-corrected chi connectivity index (χ0v) is 17.0. The summed E-state index contributed by atoms with van der Waals surface area (Å²) in [6, 6.07) is 13.9. The molecular formula is C24H13FN4O4. The molecule has 1 atom stereocenters. The molecule has 0 aliphatic carbocycles. The predicted octanol–water partition coefficient (Wildman–Crippen LogP) is 2.52. The zero-order chi connectivity index (χ0) is 23.1. The number of allylic oxidation sites excluding steroid dienone is 1. The summed E-state index contributed by atoms with van der Waals surface area (Å²) in [5, 5.41) is 10.5. The van der Waals surface area contributed by atoms with Gasteiger partial charge in [-0.2, -0.15) is 5.26 Å². The number of halogens is 1. The van der Waals surface area contributed by atoms with Crippen molar-refractivity contribution in [2.45, 2.75) is 12.3 Å². The largest absolute Gasteiger partial charge is 0.440 e. The van der Waals surface area contributed by atoms with Gasteiger partial charge in [0, 0.05) is 11.6 Å². The minimum atomic E-state index is -1.80. The third-order valence-electron chi connectivity index (χ3n) is 6.08. The highest BCUT2D eigenvalue weighted by atomic mass is 19.1. The highest BCUT2D eigenvalue weighted by Crippen LogP contribution is 2.54. The number of nitrogens with zero attached hydrogens (tertiary/aromatic N) is 3. The number of nitriles is 1. The first-order valence-corrected chi connectivity index (χ1v) is 9.94. The minimum absolute atomic E-state index is 0.0343. The van der Waals surface area contributed by atoms with Crippen LogP contribution in [0.1, 0.15) is 22.7 Å². The Bertz CT molecular complexity index is 1740. The Labute approximate surface area is 184 Å². The predicted molar refractivity (Wildman–Crippen MR) is 114 cm³/mol. The average molecular weight is 440 g/mol. The van der Waals surface area contributed by atoms with E-state index in [2.05, 4.69) is 0 Å². The lowest BCUT2D eigenvalue weighted by molar-refractivity contribution is 0.355. The number of aryl methyl sites for hydroxylation is 1. The van der Waals surface area contributed by atoms with E-state index in [1.165, 1.54) is 28.8 Å². The van der Waals surface area contributed by atoms with Gasteiger partial charge in [-0.25, -0.2) is 14.2 Å². The van der Waals surface area contributed by atoms with Crippen molar-refractivity contribution < 1.29 is 13.5 Å². The van der Waals surface area contributed by atoms with Crippen LogP contribution >= 0.6 is 0 Å². The first-order valence-electron chi connectivity index (χ1n) is 9.94. The summed E-state index contributed by atoms with van der Waals surface area (Å²) >= 11 is 0. The van der Waals surface area contributed by atoms with E-state index < -0.39 is 22.4 Å². The van der Waals surface area contributed by atoms with E-state index in [1.54, 1.807) is 31.2 Å². The van der Waals surface area contributed by atoms with Crippen LogP contribution in [0.4, 0.5) is 4.39 Å². The molecule has 8 nitrogen and oxygen atoms in total. The lowest BCUT2D eigenvalue weighted by Gasteiger charge is -2.34. The Morgan fingerprint density at radius 3 is 2.76 bits per heavy atom. The Hall–Kier alpha value is -4.71. The van der Waals surface area contributed by atoms with Crippen molar-refractivity contribution in [1.82, 2.24) is 9.55 Å². The lowest BCUT2D eigenvalue weighted by Crippen LogP contribution is -2.42. The Morgan fingerprint density at radius 1 is 1.18 bits per heavy atom. The first kappa shape index (κ1) is 19.0. The third-order valence-corrected chi connectivity index (χ3v) is 6.08. The monoisotopic (exact) mass is 440 g/mol. The second-order valence-electron chi connectivity index (χ2n) is 7.84. The molecule has 0 saturated carbocycles. The van der Waals surface area contributed by atoms with Gasteiger partial charge >= 0.3 is 5.63 Å². The van der Waals surface area contributed by atoms with Crippen LogP contribution in [0.3, 0.4) is 0 Å². The molecule has 33 heavy (non-hydrogen) atoms. The molecule has 2 aromatic carbocycles. The summed E-state index contributed by atoms with van der Waals surface area (Å²) < 4.78 is 26.9. The van der Waals surface area contributed by atoms with Crippen molar-refractivity contribution in [3.8, 4) is 17.5 Å². The van der Waals surface area contributed by atoms with Crippen LogP contribution in [-0.4, -0.2) is 9.55 Å². The highest BCUT2D eigenvalue weighted by Gasteiger charge is 2.57. The molecule has 2 aliphatic heterocycles. The van der Waals surface area contributed by atoms with E-state index in [4.69, 9.17) is 19.9 Å². The van der Waals surface area contributed by atoms with Crippen LogP contribution in [-0.2, 0) is 5.41 Å². The van der Waals surface area contributed by atoms with Gasteiger partial charge in [-0.3, -0.25) is 9.36 Å². The van der Waals surface area contributed by atoms with E-state index in [0.717, 1.165) is 0 Å². The molecule has 160 valence electrons. The van der Waals surface area contributed by atoms with Crippen molar-refractivity contribution in [2.75, 3.05) is 0 Å². The molecule has 0 amide bonds. The van der Waals surface area contributed by atoms with E-state index in [0.29, 0.717) is 10.9 Å². The molecule has 0 fully saturated rings. The van der Waals surface area contributed by atoms with Gasteiger partial charge in [0.15, 0.2) is 0 Å². The number of nitrogens with two attached hydrogens (primary N) is 1. The summed E-state index contributed by atoms with van der Waals surface area (Å²) in [6.07, 6.45) is 0. The number of para-hydroxylation sites is 1. The standard InChI is InChI=1S/C24H13FN4O4/c1-11-8-18-19(22(31)32-11)24(15(10-26)20(27)33-18)14-9-12(25)6-7-17(14)29-21(30)13-4-2-3-5-16(13)28-23(24)29/h2-9H,27H2,1H3. The van der Waals surface area contributed by atoms with Crippen LogP contribution in [0, 0.1) is 24.1 Å². The van der Waals surface area contributed by atoms with E-state index in [-0.39, 0.29) is 45.6 Å². The molecule has 1 spiro atoms. The fraction of sp³-hybridized carbons (Fsp3) is 0.0833. The number of fused-ring (bicyclic) bond motifs is 8. The normalized spacial score (nSPS) is 18.0. The van der Waals surface area contributed by atoms with E-state index in [1.807, 2.05) is 6.07 Å². The Morgan fingerprint density at radius 2 is 1.97 bits per heavy atom. The van der Waals surface area contributed by atoms with Gasteiger partial charge in [-0.15, -0.1) is 0 Å². The Balaban J connectivity index is 1.94. The van der Waals surface area contributed by atoms with Crippen molar-refractivity contribution in [2.24, 2.45) is 5.73 Å². The SMILES string of the molecule is Cc1cc2c(c(=O)o1)C1(C(C#N)=C(N)O2)c2cc(F)ccc2-n2c1nc1ccccc1c2=O. The minimum Gasteiger partial charge on any atom is -0.440 e. The number of ether oxygens (including phenoxy) is 1. The van der Waals surface area contributed by atoms with Gasteiger partial charge in [0.2, 0.25) is 5.88 Å². The van der Waals surface area contributed by atoms with Crippen LogP contribution in [0.2, 0.25) is 0 Å². The Kier molecular flexibility index (Phi) is 3.55. The smallest absolute Gasteiger partial charge is 0.344 e. The van der Waals surface area contributed by atoms with Crippen molar-refractivity contribution in [1.29, 1.82) is 5.26 Å². The summed E-state index contributed by atoms with van der Waals surface area (Å²) in [6.45, 7) is 1.56. The fourth-order valence-corrected chi connectivity index (χ4v) is 4.85. The summed E-state index contributed by atoms with van der Waals surface area (Å²) in [5.41, 5.74) is 3.62. The molecule has 2 N–H and O–H groups in total. The van der Waals surface area contributed by atoms with Gasteiger partial charge in [-0.05, 0) is 37.3 Å². The number of aromatic nitrogens is 2. The number of hydrogen-bond acceptors (Lipinski definition) is 7. The quantitative estimate of drug-likeness (QED) is 0.445. The summed E-state index contributed by atoms with van der Waals surface area (Å²) in [5.74, 6) is -0.568. The maximum absolute atomic E-state index is 14.6. The average Bonchev–Trinajstić information content (AvgIpc) is 3.03. The van der Waals surface area contributed by atoms with Crippen LogP contribution in [0.5, 0.6) is 5.75 Å². The summed E-state index contributed by atoms with van der Waals surface area (Å²) in [4.78, 5) is 31.5.